The Balaban J connectivity index is -0.00000112. The molecule has 0 radical (unpaired) electrons. The molecule has 0 amide bonds. The largest absolute Gasteiger partial charge is 1.00 e. The van der Waals surface area contributed by atoms with E-state index < -0.39 is 0 Å². The van der Waals surface area contributed by atoms with Crippen molar-refractivity contribution in [3.05, 3.63) is 0 Å². The first-order valence-corrected chi connectivity index (χ1v) is 6.71. The molecule has 2 nitrogen and oxygen atoms in total. The van der Waals surface area contributed by atoms with Gasteiger partial charge in [-0.3, -0.25) is 0 Å². The summed E-state index contributed by atoms with van der Waals surface area (Å²) in [6.07, 6.45) is 5.20. The number of hydrogen-bond acceptors (Lipinski definition) is 0. The first kappa shape index (κ1) is 23.9. The Morgan fingerprint density at radius 1 is 0.778 bits per heavy atom. The molecule has 114 valence electrons. The van der Waals surface area contributed by atoms with Crippen molar-refractivity contribution in [2.75, 3.05) is 6.54 Å². The molecule has 0 saturated carbocycles. The van der Waals surface area contributed by atoms with Gasteiger partial charge in [-0.1, -0.05) is 34.1 Å². The molecule has 0 rings (SSSR count). The lowest BCUT2D eigenvalue weighted by Gasteiger charge is -2.48. The van der Waals surface area contributed by atoms with Gasteiger partial charge in [-0.25, -0.2) is 0 Å². The average Bonchev–Trinajstić information content (AvgIpc) is 2.10. The molecule has 0 aromatic carbocycles. The first-order chi connectivity index (χ1) is 7.06. The first-order valence-electron chi connectivity index (χ1n) is 6.71. The quantitative estimate of drug-likeness (QED) is 0.415. The molecule has 0 heterocycles. The number of hydrogen-bond donors (Lipinski definition) is 2. The maximum atomic E-state index is 4.34. The Morgan fingerprint density at radius 2 is 1.22 bits per heavy atom. The maximum absolute atomic E-state index is 4.34. The molecule has 0 saturated heterocycles. The van der Waals surface area contributed by atoms with Crippen LogP contribution in [0.3, 0.4) is 0 Å². The highest BCUT2D eigenvalue weighted by atomic mass is 79.9. The van der Waals surface area contributed by atoms with Crippen molar-refractivity contribution in [3.63, 3.8) is 0 Å². The van der Waals surface area contributed by atoms with E-state index in [4.69, 9.17) is 0 Å². The molecule has 0 bridgehead atoms. The molecule has 0 fully saturated rings. The highest BCUT2D eigenvalue weighted by molar-refractivity contribution is 4.95. The minimum absolute atomic E-state index is 0. The van der Waals surface area contributed by atoms with E-state index in [0.717, 1.165) is 6.54 Å². The van der Waals surface area contributed by atoms with Crippen molar-refractivity contribution in [3.8, 4) is 0 Å². The Morgan fingerprint density at radius 3 is 1.56 bits per heavy atom. The van der Waals surface area contributed by atoms with Crippen LogP contribution in [0, 0.1) is 10.8 Å². The third-order valence-electron chi connectivity index (χ3n) is 4.94. The molecule has 18 heavy (non-hydrogen) atoms. The van der Waals surface area contributed by atoms with Gasteiger partial charge in [0.05, 0.1) is 12.1 Å². The average molecular weight is 390 g/mol. The van der Waals surface area contributed by atoms with Crippen LogP contribution in [0.2, 0.25) is 0 Å². The SMILES string of the molecule is CC(C)([NH3+])C(C)(C)C(C)(C)CCCCC[NH3+].[Br-].[Br-]. The molecular weight excluding hydrogens is 356 g/mol. The topological polar surface area (TPSA) is 55.3 Å². The molecule has 0 aromatic rings. The van der Waals surface area contributed by atoms with Crippen molar-refractivity contribution in [2.45, 2.75) is 72.8 Å². The van der Waals surface area contributed by atoms with Crippen molar-refractivity contribution in [1.82, 2.24) is 0 Å². The fourth-order valence-electron chi connectivity index (χ4n) is 2.15. The van der Waals surface area contributed by atoms with Gasteiger partial charge in [0, 0.05) is 5.41 Å². The lowest BCUT2D eigenvalue weighted by atomic mass is 9.57. The third kappa shape index (κ3) is 6.36. The summed E-state index contributed by atoms with van der Waals surface area (Å²) in [4.78, 5) is 0. The van der Waals surface area contributed by atoms with Crippen molar-refractivity contribution in [2.24, 2.45) is 10.8 Å². The van der Waals surface area contributed by atoms with Crippen molar-refractivity contribution < 1.29 is 45.4 Å². The molecule has 0 unspecified atom stereocenters. The molecular formula is C14H34Br2N2. The summed E-state index contributed by atoms with van der Waals surface area (Å²) in [7, 11) is 0. The van der Waals surface area contributed by atoms with Gasteiger partial charge in [-0.15, -0.1) is 0 Å². The van der Waals surface area contributed by atoms with E-state index in [-0.39, 0.29) is 44.9 Å². The van der Waals surface area contributed by atoms with Gasteiger partial charge in [0.15, 0.2) is 0 Å². The van der Waals surface area contributed by atoms with E-state index in [1.807, 2.05) is 0 Å². The summed E-state index contributed by atoms with van der Waals surface area (Å²) >= 11 is 0. The standard InChI is InChI=1S/C14H32N2.2BrH/c1-12(2,10-8-7-9-11-15)13(3,4)14(5,6)16;;/h7-11,15-16H2,1-6H3;2*1H. The molecule has 0 aliphatic rings. The van der Waals surface area contributed by atoms with Gasteiger partial charge in [-0.05, 0) is 38.5 Å². The smallest absolute Gasteiger partial charge is 0.0945 e. The highest BCUT2D eigenvalue weighted by Crippen LogP contribution is 2.47. The second-order valence-corrected chi connectivity index (χ2v) is 7.06. The van der Waals surface area contributed by atoms with E-state index in [2.05, 4.69) is 53.0 Å². The van der Waals surface area contributed by atoms with Gasteiger partial charge in [0.2, 0.25) is 0 Å². The van der Waals surface area contributed by atoms with Crippen LogP contribution in [-0.2, 0) is 0 Å². The zero-order valence-electron chi connectivity index (χ0n) is 13.2. The van der Waals surface area contributed by atoms with Gasteiger partial charge in [-0.2, -0.15) is 0 Å². The van der Waals surface area contributed by atoms with Gasteiger partial charge in [0.25, 0.3) is 0 Å². The predicted octanol–water partition coefficient (Wildman–Crippen LogP) is -4.13. The molecule has 6 N–H and O–H groups in total. The summed E-state index contributed by atoms with van der Waals surface area (Å²) in [5.41, 5.74) is 8.96. The van der Waals surface area contributed by atoms with Gasteiger partial charge >= 0.3 is 0 Å². The van der Waals surface area contributed by atoms with E-state index in [0.29, 0.717) is 5.41 Å². The summed E-state index contributed by atoms with van der Waals surface area (Å²) in [5, 5.41) is 0. The number of halogens is 2. The lowest BCUT2D eigenvalue weighted by molar-refractivity contribution is -0.501. The Bertz CT molecular complexity index is 208. The van der Waals surface area contributed by atoms with Crippen LogP contribution in [0.4, 0.5) is 0 Å². The van der Waals surface area contributed by atoms with E-state index in [9.17, 15) is 0 Å². The summed E-state index contributed by atoms with van der Waals surface area (Å²) < 4.78 is 0. The predicted molar refractivity (Wildman–Crippen MR) is 70.8 cm³/mol. The van der Waals surface area contributed by atoms with Crippen molar-refractivity contribution in [1.29, 1.82) is 0 Å². The normalized spacial score (nSPS) is 12.7. The lowest BCUT2D eigenvalue weighted by Crippen LogP contribution is -3.00. The molecule has 0 aliphatic carbocycles. The summed E-state index contributed by atoms with van der Waals surface area (Å²) in [5.74, 6) is 0. The maximum Gasteiger partial charge on any atom is 0.0945 e. The third-order valence-corrected chi connectivity index (χ3v) is 4.94. The number of rotatable bonds is 7. The van der Waals surface area contributed by atoms with Gasteiger partial charge < -0.3 is 45.4 Å². The monoisotopic (exact) mass is 388 g/mol. The Kier molecular flexibility index (Phi) is 11.9. The summed E-state index contributed by atoms with van der Waals surface area (Å²) in [6.45, 7) is 15.1. The fourth-order valence-corrected chi connectivity index (χ4v) is 2.15. The zero-order valence-corrected chi connectivity index (χ0v) is 16.4. The van der Waals surface area contributed by atoms with Crippen LogP contribution in [0.15, 0.2) is 0 Å². The number of quaternary nitrogens is 2. The molecule has 0 aliphatic heterocycles. The van der Waals surface area contributed by atoms with Crippen LogP contribution >= 0.6 is 0 Å². The minimum Gasteiger partial charge on any atom is -1.00 e. The second kappa shape index (κ2) is 8.93. The molecule has 0 spiro atoms. The molecule has 0 aromatic heterocycles. The van der Waals surface area contributed by atoms with Crippen molar-refractivity contribution >= 4 is 0 Å². The number of unbranched alkanes of at least 4 members (excludes halogenated alkanes) is 2. The molecule has 4 heteroatoms. The zero-order chi connectivity index (χ0) is 13.0. The fraction of sp³-hybridized carbons (Fsp3) is 1.00. The van der Waals surface area contributed by atoms with E-state index in [1.165, 1.54) is 25.7 Å². The highest BCUT2D eigenvalue weighted by Gasteiger charge is 2.48. The van der Waals surface area contributed by atoms with E-state index in [1.54, 1.807) is 0 Å². The molecule has 0 atom stereocenters. The van der Waals surface area contributed by atoms with Gasteiger partial charge in [0.1, 0.15) is 0 Å². The van der Waals surface area contributed by atoms with Crippen LogP contribution in [0.5, 0.6) is 0 Å². The van der Waals surface area contributed by atoms with Crippen LogP contribution in [0.25, 0.3) is 0 Å². The van der Waals surface area contributed by atoms with Crippen LogP contribution in [0.1, 0.15) is 67.2 Å². The summed E-state index contributed by atoms with van der Waals surface area (Å²) in [6, 6.07) is 0. The minimum atomic E-state index is 0. The second-order valence-electron chi connectivity index (χ2n) is 7.06. The Labute approximate surface area is 135 Å². The van der Waals surface area contributed by atoms with Crippen LogP contribution < -0.4 is 45.4 Å². The Hall–Kier alpha value is 0.880. The van der Waals surface area contributed by atoms with E-state index >= 15 is 0 Å². The van der Waals surface area contributed by atoms with Crippen LogP contribution in [-0.4, -0.2) is 12.1 Å².